The van der Waals surface area contributed by atoms with Crippen molar-refractivity contribution in [2.75, 3.05) is 0 Å². The average molecular weight is 1150 g/mol. The van der Waals surface area contributed by atoms with E-state index in [2.05, 4.69) is 316 Å². The van der Waals surface area contributed by atoms with Gasteiger partial charge in [-0.15, -0.1) is 0 Å². The number of fused-ring (bicyclic) bond motifs is 18. The Bertz CT molecular complexity index is 5880. The Balaban J connectivity index is 1.08. The zero-order valence-corrected chi connectivity index (χ0v) is 48.5. The van der Waals surface area contributed by atoms with E-state index >= 15 is 0 Å². The summed E-state index contributed by atoms with van der Waals surface area (Å²) in [5.74, 6) is 0. The fourth-order valence-corrected chi connectivity index (χ4v) is 14.5. The van der Waals surface area contributed by atoms with Gasteiger partial charge in [-0.25, -0.2) is 0 Å². The lowest BCUT2D eigenvalue weighted by molar-refractivity contribution is 0.669. The smallest absolute Gasteiger partial charge is 0.143 e. The van der Waals surface area contributed by atoms with E-state index in [-0.39, 0.29) is 0 Å². The summed E-state index contributed by atoms with van der Waals surface area (Å²) in [5.41, 5.74) is 20.8. The lowest BCUT2D eigenvalue weighted by atomic mass is 9.91. The Morgan fingerprint density at radius 2 is 0.556 bits per heavy atom. The van der Waals surface area contributed by atoms with Gasteiger partial charge in [0, 0.05) is 78.0 Å². The van der Waals surface area contributed by atoms with Crippen LogP contribution >= 0.6 is 0 Å². The van der Waals surface area contributed by atoms with Crippen molar-refractivity contribution in [3.05, 3.63) is 310 Å². The zero-order valence-electron chi connectivity index (χ0n) is 48.5. The van der Waals surface area contributed by atoms with Gasteiger partial charge in [0.05, 0.1) is 49.7 Å². The average Bonchev–Trinajstić information content (AvgIpc) is 1.14. The molecule has 14 aromatic carbocycles. The highest BCUT2D eigenvalue weighted by molar-refractivity contribution is 6.29. The summed E-state index contributed by atoms with van der Waals surface area (Å²) >= 11 is 0. The molecule has 0 atom stereocenters. The van der Waals surface area contributed by atoms with Crippen molar-refractivity contribution in [2.45, 2.75) is 0 Å². The molecule has 0 radical (unpaired) electrons. The van der Waals surface area contributed by atoms with Crippen LogP contribution in [0, 0.1) is 0 Å². The van der Waals surface area contributed by atoms with Gasteiger partial charge in [0.15, 0.2) is 0 Å². The maximum Gasteiger partial charge on any atom is 0.143 e. The Hall–Kier alpha value is -12.2. The summed E-state index contributed by atoms with van der Waals surface area (Å²) in [6, 6.07) is 110. The molecule has 0 saturated heterocycles. The second kappa shape index (κ2) is 19.7. The Kier molecular flexibility index (Phi) is 10.9. The van der Waals surface area contributed by atoms with Gasteiger partial charge in [-0.2, -0.15) is 0 Å². The molecular formula is C83H51N5O2. The molecule has 0 unspecified atom stereocenters. The van der Waals surface area contributed by atoms with Crippen LogP contribution in [0.5, 0.6) is 0 Å². The first-order chi connectivity index (χ1) is 44.7. The van der Waals surface area contributed by atoms with E-state index in [9.17, 15) is 0 Å². The number of benzene rings is 13. The van der Waals surface area contributed by atoms with E-state index in [0.717, 1.165) is 176 Å². The lowest BCUT2D eigenvalue weighted by Gasteiger charge is -2.24. The third-order valence-electron chi connectivity index (χ3n) is 18.4. The van der Waals surface area contributed by atoms with Crippen LogP contribution in [-0.4, -0.2) is 23.3 Å². The van der Waals surface area contributed by atoms with Crippen molar-refractivity contribution in [1.82, 2.24) is 23.3 Å². The first-order valence-electron chi connectivity index (χ1n) is 30.6. The van der Waals surface area contributed by atoms with Crippen LogP contribution in [0.2, 0.25) is 0 Å². The molecule has 0 spiro atoms. The minimum atomic E-state index is 0.825. The fourth-order valence-electron chi connectivity index (χ4n) is 14.5. The van der Waals surface area contributed by atoms with E-state index in [0.29, 0.717) is 0 Å². The molecule has 90 heavy (non-hydrogen) atoms. The molecule has 5 heterocycles. The molecule has 7 heteroatoms. The van der Waals surface area contributed by atoms with Gasteiger partial charge in [-0.3, -0.25) is 4.98 Å². The van der Waals surface area contributed by atoms with Gasteiger partial charge in [0.2, 0.25) is 0 Å². The fraction of sp³-hybridized carbons (Fsp3) is 0. The largest absolute Gasteiger partial charge is 0.455 e. The van der Waals surface area contributed by atoms with Crippen molar-refractivity contribution in [1.29, 1.82) is 0 Å². The molecule has 0 saturated carbocycles. The zero-order chi connectivity index (χ0) is 59.0. The summed E-state index contributed by atoms with van der Waals surface area (Å²) < 4.78 is 23.5. The van der Waals surface area contributed by atoms with Crippen molar-refractivity contribution in [3.8, 4) is 45.0 Å². The van der Waals surface area contributed by atoms with Gasteiger partial charge in [-0.05, 0) is 154 Å². The first-order valence-corrected chi connectivity index (χ1v) is 30.6. The second-order valence-corrected chi connectivity index (χ2v) is 23.4. The Morgan fingerprint density at radius 3 is 1.01 bits per heavy atom. The minimum Gasteiger partial charge on any atom is -0.455 e. The molecule has 420 valence electrons. The second-order valence-electron chi connectivity index (χ2n) is 23.4. The van der Waals surface area contributed by atoms with Gasteiger partial charge >= 0.3 is 0 Å². The summed E-state index contributed by atoms with van der Waals surface area (Å²) in [5, 5.41) is 11.6. The maximum atomic E-state index is 6.86. The highest BCUT2D eigenvalue weighted by Crippen LogP contribution is 2.46. The van der Waals surface area contributed by atoms with Crippen molar-refractivity contribution in [2.24, 2.45) is 0 Å². The third-order valence-corrected chi connectivity index (χ3v) is 18.4. The summed E-state index contributed by atoms with van der Waals surface area (Å²) in [4.78, 5) is 5.84. The summed E-state index contributed by atoms with van der Waals surface area (Å²) in [7, 11) is 0. The number of hydrogen-bond donors (Lipinski definition) is 0. The van der Waals surface area contributed by atoms with Crippen LogP contribution in [-0.2, 0) is 0 Å². The monoisotopic (exact) mass is 1150 g/mol. The van der Waals surface area contributed by atoms with Crippen molar-refractivity contribution in [3.63, 3.8) is 0 Å². The summed E-state index contributed by atoms with van der Waals surface area (Å²) in [6.45, 7) is 0. The predicted octanol–water partition coefficient (Wildman–Crippen LogP) is 22.3. The number of rotatable bonds is 6. The number of furan rings is 2. The van der Waals surface area contributed by atoms with Crippen molar-refractivity contribution < 1.29 is 8.83 Å². The molecule has 0 aliphatic carbocycles. The molecule has 0 aliphatic heterocycles. The molecule has 0 bridgehead atoms. The van der Waals surface area contributed by atoms with Crippen LogP contribution in [0.4, 0.5) is 0 Å². The Morgan fingerprint density at radius 1 is 0.222 bits per heavy atom. The van der Waals surface area contributed by atoms with Crippen LogP contribution < -0.4 is 0 Å². The van der Waals surface area contributed by atoms with Gasteiger partial charge in [0.25, 0.3) is 0 Å². The van der Waals surface area contributed by atoms with Crippen LogP contribution in [0.15, 0.2) is 318 Å². The number of nitrogens with zero attached hydrogens (tertiary/aromatic N) is 5. The van der Waals surface area contributed by atoms with E-state index in [1.165, 1.54) is 0 Å². The Labute approximate surface area is 515 Å². The maximum absolute atomic E-state index is 6.86. The molecule has 0 N–H and O–H groups in total. The van der Waals surface area contributed by atoms with E-state index in [4.69, 9.17) is 13.8 Å². The van der Waals surface area contributed by atoms with Crippen molar-refractivity contribution >= 4 is 131 Å². The lowest BCUT2D eigenvalue weighted by Crippen LogP contribution is -2.09. The van der Waals surface area contributed by atoms with Gasteiger partial charge in [-0.1, -0.05) is 182 Å². The van der Waals surface area contributed by atoms with Crippen LogP contribution in [0.3, 0.4) is 0 Å². The number of pyridine rings is 1. The summed E-state index contributed by atoms with van der Waals surface area (Å²) in [6.07, 6.45) is 2.06. The molecule has 5 aromatic heterocycles. The normalized spacial score (nSPS) is 12.0. The molecule has 19 rings (SSSR count). The van der Waals surface area contributed by atoms with Gasteiger partial charge < -0.3 is 27.1 Å². The standard InChI is InChI=1S/C83H51N5O2/c1-5-23-54(24-6-1)85-71-37-15-16-38-72(71)86(55-25-7-2-8-26-55)76-48-67-66(47-75(76)85)60-44-43-52(58-33-21-35-63-61-31-13-19-41-79(61)89-82(58)63)45-65(60)69-46-53(59-34-22-36-64-62-32-14-20-42-80(62)90-83(59)64)51-84-81(69)70-50-78-77(49-68(67)70)87(56-27-9-3-10-28-56)73-39-17-18-40-74(73)88(78)57-29-11-4-12-30-57/h1-51H. The first kappa shape index (κ1) is 50.0. The van der Waals surface area contributed by atoms with E-state index in [1.54, 1.807) is 0 Å². The SMILES string of the molecule is c1ccc(-n2c3ccccc3n(-c3ccccc3)c3cc4c(cc32)c2ccc(-c3cccc5c3oc3ccccc35)cc2c2cc(-c3cccc5c3oc3ccccc35)cnc2c2cc3c(cc42)n(-c2ccccc2)c2ccccc2n3-c2ccccc2)cc1. The number of para-hydroxylation sites is 12. The highest BCUT2D eigenvalue weighted by atomic mass is 16.3. The molecule has 0 amide bonds. The van der Waals surface area contributed by atoms with Gasteiger partial charge in [0.1, 0.15) is 22.3 Å². The predicted molar refractivity (Wildman–Crippen MR) is 373 cm³/mol. The number of hydrogen-bond acceptors (Lipinski definition) is 3. The minimum absolute atomic E-state index is 0.825. The molecule has 0 aliphatic rings. The van der Waals surface area contributed by atoms with E-state index in [1.807, 2.05) is 12.1 Å². The molecule has 19 aromatic rings. The van der Waals surface area contributed by atoms with E-state index < -0.39 is 0 Å². The quantitative estimate of drug-likeness (QED) is 0.156. The number of aromatic nitrogens is 5. The molecule has 0 fully saturated rings. The molecular weight excluding hydrogens is 1100 g/mol. The topological polar surface area (TPSA) is 58.9 Å². The molecule has 7 nitrogen and oxygen atoms in total. The van der Waals surface area contributed by atoms with Crippen LogP contribution in [0.1, 0.15) is 0 Å². The highest BCUT2D eigenvalue weighted by Gasteiger charge is 2.23. The van der Waals surface area contributed by atoms with Crippen LogP contribution in [0.25, 0.3) is 176 Å². The third kappa shape index (κ3) is 7.50.